The van der Waals surface area contributed by atoms with Crippen molar-refractivity contribution in [1.82, 2.24) is 0 Å². The smallest absolute Gasteiger partial charge is 0.119 e. The van der Waals surface area contributed by atoms with Crippen molar-refractivity contribution in [3.05, 3.63) is 91.5 Å². The molecule has 256 valence electrons. The quantitative estimate of drug-likeness (QED) is 0.0604. The van der Waals surface area contributed by atoms with Crippen LogP contribution in [-0.4, -0.2) is 13.2 Å². The molecule has 0 fully saturated rings. The molecule has 3 heteroatoms. The highest BCUT2D eigenvalue weighted by Gasteiger charge is 2.19. The van der Waals surface area contributed by atoms with Crippen molar-refractivity contribution >= 4 is 5.69 Å². The van der Waals surface area contributed by atoms with Gasteiger partial charge in [0.1, 0.15) is 11.5 Å². The van der Waals surface area contributed by atoms with E-state index in [-0.39, 0.29) is 5.41 Å². The van der Waals surface area contributed by atoms with Crippen molar-refractivity contribution in [3.8, 4) is 33.8 Å². The van der Waals surface area contributed by atoms with E-state index in [1.807, 2.05) is 12.2 Å². The third-order valence-electron chi connectivity index (χ3n) is 9.02. The second-order valence-electron chi connectivity index (χ2n) is 14.1. The van der Waals surface area contributed by atoms with E-state index in [9.17, 15) is 0 Å². The largest absolute Gasteiger partial charge is 0.494 e. The fraction of sp³-hybridized carbons (Fsp3) is 0.500. The molecule has 0 spiro atoms. The van der Waals surface area contributed by atoms with Gasteiger partial charge >= 0.3 is 0 Å². The number of hydrogen-bond donors (Lipinski definition) is 1. The van der Waals surface area contributed by atoms with Crippen LogP contribution in [0.5, 0.6) is 11.5 Å². The molecule has 3 rings (SSSR count). The lowest BCUT2D eigenvalue weighted by Crippen LogP contribution is -2.12. The molecule has 0 aliphatic rings. The van der Waals surface area contributed by atoms with E-state index < -0.39 is 0 Å². The summed E-state index contributed by atoms with van der Waals surface area (Å²) in [4.78, 5) is 0. The third-order valence-corrected chi connectivity index (χ3v) is 9.02. The topological polar surface area (TPSA) is 44.5 Å². The minimum Gasteiger partial charge on any atom is -0.494 e. The predicted octanol–water partition coefficient (Wildman–Crippen LogP) is 13.3. The van der Waals surface area contributed by atoms with Crippen molar-refractivity contribution < 1.29 is 9.47 Å². The number of nitrogens with two attached hydrogens (primary N) is 1. The lowest BCUT2D eigenvalue weighted by atomic mass is 9.82. The summed E-state index contributed by atoms with van der Waals surface area (Å²) in [5.41, 5.74) is 13.3. The Labute approximate surface area is 287 Å². The summed E-state index contributed by atoms with van der Waals surface area (Å²) in [5.74, 6) is 1.83. The van der Waals surface area contributed by atoms with Gasteiger partial charge in [0.25, 0.3) is 0 Å². The van der Waals surface area contributed by atoms with Crippen LogP contribution in [0.2, 0.25) is 0 Å². The van der Waals surface area contributed by atoms with Crippen LogP contribution in [0.4, 0.5) is 5.69 Å². The minimum absolute atomic E-state index is 0.0134. The lowest BCUT2D eigenvalue weighted by molar-refractivity contribution is 0.304. The zero-order valence-corrected chi connectivity index (χ0v) is 30.0. The third kappa shape index (κ3) is 14.1. The average Bonchev–Trinajstić information content (AvgIpc) is 3.07. The Balaban J connectivity index is 1.55. The van der Waals surface area contributed by atoms with E-state index in [1.54, 1.807) is 0 Å². The maximum Gasteiger partial charge on any atom is 0.119 e. The van der Waals surface area contributed by atoms with E-state index in [0.717, 1.165) is 78.3 Å². The second kappa shape index (κ2) is 21.4. The Kier molecular flexibility index (Phi) is 17.3. The number of nitrogen functional groups attached to an aromatic ring is 1. The maximum absolute atomic E-state index is 6.91. The van der Waals surface area contributed by atoms with Gasteiger partial charge in [0.05, 0.1) is 13.2 Å². The first-order valence-corrected chi connectivity index (χ1v) is 18.5. The molecule has 0 heterocycles. The van der Waals surface area contributed by atoms with Gasteiger partial charge in [-0.15, -0.1) is 13.2 Å². The van der Waals surface area contributed by atoms with Crippen LogP contribution < -0.4 is 15.2 Å². The number of rotatable bonds is 24. The van der Waals surface area contributed by atoms with Crippen molar-refractivity contribution in [2.45, 2.75) is 129 Å². The Morgan fingerprint density at radius 1 is 0.532 bits per heavy atom. The van der Waals surface area contributed by atoms with Crippen LogP contribution in [0.25, 0.3) is 22.3 Å². The summed E-state index contributed by atoms with van der Waals surface area (Å²) in [7, 11) is 0. The van der Waals surface area contributed by atoms with Gasteiger partial charge in [-0.1, -0.05) is 121 Å². The zero-order chi connectivity index (χ0) is 33.7. The molecule has 0 unspecified atom stereocenters. The van der Waals surface area contributed by atoms with Crippen molar-refractivity contribution in [2.75, 3.05) is 18.9 Å². The molecule has 0 atom stereocenters. The molecule has 0 amide bonds. The van der Waals surface area contributed by atoms with Crippen LogP contribution in [0.1, 0.15) is 129 Å². The molecule has 0 aromatic heterocycles. The van der Waals surface area contributed by atoms with Crippen LogP contribution in [0.3, 0.4) is 0 Å². The molecule has 0 bridgehead atoms. The molecular weight excluding hydrogens is 574 g/mol. The first-order valence-electron chi connectivity index (χ1n) is 18.5. The van der Waals surface area contributed by atoms with Crippen LogP contribution in [0.15, 0.2) is 86.0 Å². The number of allylic oxidation sites excluding steroid dienone is 2. The summed E-state index contributed by atoms with van der Waals surface area (Å²) in [6, 6.07) is 21.4. The fourth-order valence-electron chi connectivity index (χ4n) is 5.95. The average molecular weight is 638 g/mol. The lowest BCUT2D eigenvalue weighted by Gasteiger charge is -2.23. The minimum atomic E-state index is -0.0134. The van der Waals surface area contributed by atoms with Crippen LogP contribution in [0, 0.1) is 0 Å². The monoisotopic (exact) mass is 637 g/mol. The summed E-state index contributed by atoms with van der Waals surface area (Å²) in [5, 5.41) is 0. The Hall–Kier alpha value is -3.46. The molecule has 3 nitrogen and oxygen atoms in total. The maximum atomic E-state index is 6.91. The Bertz CT molecular complexity index is 1210. The predicted molar refractivity (Wildman–Crippen MR) is 206 cm³/mol. The SMILES string of the molecule is C=CCCCCCCCCCOc1ccc(-c2cc(C(C)(C)C)cc(-c3ccc(OCCCCCCCCCC=C)cc3)c2N)cc1. The first-order chi connectivity index (χ1) is 22.8. The van der Waals surface area contributed by atoms with E-state index in [2.05, 4.69) is 94.6 Å². The molecule has 3 aromatic rings. The summed E-state index contributed by atoms with van der Waals surface area (Å²) in [6.07, 6.45) is 24.0. The zero-order valence-electron chi connectivity index (χ0n) is 30.0. The van der Waals surface area contributed by atoms with Gasteiger partial charge in [0.2, 0.25) is 0 Å². The Morgan fingerprint density at radius 3 is 1.21 bits per heavy atom. The molecule has 0 aliphatic carbocycles. The highest BCUT2D eigenvalue weighted by atomic mass is 16.5. The number of ether oxygens (including phenoxy) is 2. The van der Waals surface area contributed by atoms with Crippen LogP contribution in [-0.2, 0) is 5.41 Å². The van der Waals surface area contributed by atoms with Gasteiger partial charge in [-0.25, -0.2) is 0 Å². The van der Waals surface area contributed by atoms with Crippen molar-refractivity contribution in [3.63, 3.8) is 0 Å². The number of hydrogen-bond acceptors (Lipinski definition) is 3. The molecule has 0 saturated heterocycles. The van der Waals surface area contributed by atoms with E-state index in [1.165, 1.54) is 82.6 Å². The van der Waals surface area contributed by atoms with Gasteiger partial charge in [0, 0.05) is 16.8 Å². The molecular formula is C44H63NO2. The van der Waals surface area contributed by atoms with E-state index in [4.69, 9.17) is 15.2 Å². The normalized spacial score (nSPS) is 11.4. The van der Waals surface area contributed by atoms with Gasteiger partial charge in [0.15, 0.2) is 0 Å². The molecule has 2 N–H and O–H groups in total. The highest BCUT2D eigenvalue weighted by molar-refractivity contribution is 5.90. The van der Waals surface area contributed by atoms with E-state index >= 15 is 0 Å². The molecule has 0 aliphatic heterocycles. The fourth-order valence-corrected chi connectivity index (χ4v) is 5.95. The van der Waals surface area contributed by atoms with E-state index in [0.29, 0.717) is 0 Å². The number of benzene rings is 3. The molecule has 47 heavy (non-hydrogen) atoms. The number of anilines is 1. The van der Waals surface area contributed by atoms with Gasteiger partial charge < -0.3 is 15.2 Å². The standard InChI is InChI=1S/C44H63NO2/c1-6-8-10-12-14-16-18-20-22-32-46-39-28-24-36(25-29-39)41-34-38(44(3,4)5)35-42(43(41)45)37-26-30-40(31-27-37)47-33-23-21-19-17-15-13-11-9-7-2/h6-7,24-31,34-35H,1-2,8-23,32-33,45H2,3-5H3. The molecule has 0 radical (unpaired) electrons. The highest BCUT2D eigenvalue weighted by Crippen LogP contribution is 2.40. The van der Waals surface area contributed by atoms with Gasteiger partial charge in [-0.3, -0.25) is 0 Å². The second-order valence-corrected chi connectivity index (χ2v) is 14.1. The Morgan fingerprint density at radius 2 is 0.872 bits per heavy atom. The molecule has 3 aromatic carbocycles. The summed E-state index contributed by atoms with van der Waals surface area (Å²) in [6.45, 7) is 15.9. The van der Waals surface area contributed by atoms with Gasteiger partial charge in [-0.2, -0.15) is 0 Å². The van der Waals surface area contributed by atoms with Crippen molar-refractivity contribution in [1.29, 1.82) is 0 Å². The van der Waals surface area contributed by atoms with Crippen molar-refractivity contribution in [2.24, 2.45) is 0 Å². The number of unbranched alkanes of at least 4 members (excludes halogenated alkanes) is 14. The van der Waals surface area contributed by atoms with Gasteiger partial charge in [-0.05, 0) is 97.0 Å². The first kappa shape index (κ1) is 38.0. The molecule has 0 saturated carbocycles. The summed E-state index contributed by atoms with van der Waals surface area (Å²) < 4.78 is 12.2. The van der Waals surface area contributed by atoms with Crippen LogP contribution >= 0.6 is 0 Å². The summed E-state index contributed by atoms with van der Waals surface area (Å²) >= 11 is 0.